The van der Waals surface area contributed by atoms with Crippen molar-refractivity contribution in [3.8, 4) is 5.75 Å². The molecule has 3 nitrogen and oxygen atoms in total. The van der Waals surface area contributed by atoms with Gasteiger partial charge in [-0.15, -0.1) is 0 Å². The molecule has 0 amide bonds. The monoisotopic (exact) mass is 232 g/mol. The minimum Gasteiger partial charge on any atom is -0.493 e. The number of benzene rings is 1. The zero-order chi connectivity index (χ0) is 11.7. The number of nitrogens with zero attached hydrogens (tertiary/aromatic N) is 1. The summed E-state index contributed by atoms with van der Waals surface area (Å²) in [5, 5.41) is 0. The van der Waals surface area contributed by atoms with Crippen molar-refractivity contribution >= 4 is 0 Å². The summed E-state index contributed by atoms with van der Waals surface area (Å²) < 4.78 is 5.72. The molecule has 2 heterocycles. The summed E-state index contributed by atoms with van der Waals surface area (Å²) in [5.74, 6) is 1.06. The number of nitrogens with two attached hydrogens (primary N) is 1. The number of rotatable bonds is 2. The Balaban J connectivity index is 1.89. The SMILES string of the molecule is NCC1CCCN1C1CCOc2ccccc21. The van der Waals surface area contributed by atoms with Gasteiger partial charge in [0.2, 0.25) is 0 Å². The van der Waals surface area contributed by atoms with Crippen LogP contribution < -0.4 is 10.5 Å². The minimum atomic E-state index is 0.510. The van der Waals surface area contributed by atoms with Gasteiger partial charge in [0.1, 0.15) is 5.75 Å². The Kier molecular flexibility index (Phi) is 3.04. The van der Waals surface area contributed by atoms with E-state index in [0.29, 0.717) is 12.1 Å². The van der Waals surface area contributed by atoms with E-state index in [1.165, 1.54) is 24.9 Å². The normalized spacial score (nSPS) is 28.8. The predicted octanol–water partition coefficient (Wildman–Crippen LogP) is 1.93. The lowest BCUT2D eigenvalue weighted by molar-refractivity contribution is 0.131. The first-order valence-corrected chi connectivity index (χ1v) is 6.57. The first kappa shape index (κ1) is 11.1. The van der Waals surface area contributed by atoms with Crippen molar-refractivity contribution in [3.63, 3.8) is 0 Å². The van der Waals surface area contributed by atoms with Crippen LogP contribution in [0.2, 0.25) is 0 Å². The summed E-state index contributed by atoms with van der Waals surface area (Å²) in [6.07, 6.45) is 3.62. The predicted molar refractivity (Wildman–Crippen MR) is 68.1 cm³/mol. The molecule has 1 fully saturated rings. The number of fused-ring (bicyclic) bond motifs is 1. The Labute approximate surface area is 103 Å². The van der Waals surface area contributed by atoms with E-state index in [1.807, 2.05) is 6.07 Å². The smallest absolute Gasteiger partial charge is 0.124 e. The molecule has 3 heteroatoms. The van der Waals surface area contributed by atoms with Gasteiger partial charge in [-0.1, -0.05) is 18.2 Å². The molecule has 1 aromatic rings. The van der Waals surface area contributed by atoms with E-state index >= 15 is 0 Å². The number of likely N-dealkylation sites (tertiary alicyclic amines) is 1. The maximum Gasteiger partial charge on any atom is 0.124 e. The molecule has 2 atom stereocenters. The van der Waals surface area contributed by atoms with Crippen molar-refractivity contribution in [1.82, 2.24) is 4.90 Å². The van der Waals surface area contributed by atoms with Crippen LogP contribution in [0.1, 0.15) is 30.9 Å². The highest BCUT2D eigenvalue weighted by Gasteiger charge is 2.33. The van der Waals surface area contributed by atoms with Crippen LogP contribution in [0.25, 0.3) is 0 Å². The van der Waals surface area contributed by atoms with Gasteiger partial charge < -0.3 is 10.5 Å². The molecule has 0 spiro atoms. The maximum absolute atomic E-state index is 5.88. The lowest BCUT2D eigenvalue weighted by atomic mass is 9.98. The van der Waals surface area contributed by atoms with E-state index in [0.717, 1.165) is 25.3 Å². The van der Waals surface area contributed by atoms with Gasteiger partial charge >= 0.3 is 0 Å². The average Bonchev–Trinajstić information content (AvgIpc) is 2.86. The molecule has 2 unspecified atom stereocenters. The first-order valence-electron chi connectivity index (χ1n) is 6.57. The molecular formula is C14H20N2O. The van der Waals surface area contributed by atoms with Crippen molar-refractivity contribution in [2.45, 2.75) is 31.3 Å². The number of hydrogen-bond donors (Lipinski definition) is 1. The summed E-state index contributed by atoms with van der Waals surface area (Å²) in [6, 6.07) is 9.50. The zero-order valence-corrected chi connectivity index (χ0v) is 10.1. The van der Waals surface area contributed by atoms with Gasteiger partial charge in [-0.05, 0) is 25.5 Å². The minimum absolute atomic E-state index is 0.510. The molecule has 2 aliphatic rings. The third-order valence-corrected chi connectivity index (χ3v) is 4.02. The summed E-state index contributed by atoms with van der Waals surface area (Å²) >= 11 is 0. The highest BCUT2D eigenvalue weighted by Crippen LogP contribution is 2.38. The number of ether oxygens (including phenoxy) is 1. The van der Waals surface area contributed by atoms with Crippen molar-refractivity contribution in [3.05, 3.63) is 29.8 Å². The summed E-state index contributed by atoms with van der Waals surface area (Å²) in [6.45, 7) is 2.79. The molecular weight excluding hydrogens is 212 g/mol. The van der Waals surface area contributed by atoms with Crippen molar-refractivity contribution < 1.29 is 4.74 Å². The van der Waals surface area contributed by atoms with Crippen LogP contribution in [0.4, 0.5) is 0 Å². The quantitative estimate of drug-likeness (QED) is 0.847. The van der Waals surface area contributed by atoms with Crippen LogP contribution >= 0.6 is 0 Å². The first-order chi connectivity index (χ1) is 8.40. The van der Waals surface area contributed by atoms with Crippen molar-refractivity contribution in [2.75, 3.05) is 19.7 Å². The van der Waals surface area contributed by atoms with Crippen molar-refractivity contribution in [1.29, 1.82) is 0 Å². The molecule has 0 bridgehead atoms. The van der Waals surface area contributed by atoms with Crippen molar-refractivity contribution in [2.24, 2.45) is 5.73 Å². The third-order valence-electron chi connectivity index (χ3n) is 4.02. The molecule has 3 rings (SSSR count). The van der Waals surface area contributed by atoms with E-state index in [1.54, 1.807) is 0 Å². The van der Waals surface area contributed by atoms with E-state index in [-0.39, 0.29) is 0 Å². The van der Waals surface area contributed by atoms with Gasteiger partial charge in [0.15, 0.2) is 0 Å². The molecule has 1 aromatic carbocycles. The van der Waals surface area contributed by atoms with Gasteiger partial charge in [-0.25, -0.2) is 0 Å². The van der Waals surface area contributed by atoms with E-state index in [9.17, 15) is 0 Å². The van der Waals surface area contributed by atoms with Gasteiger partial charge in [-0.2, -0.15) is 0 Å². The molecule has 0 saturated carbocycles. The Morgan fingerprint density at radius 3 is 3.06 bits per heavy atom. The van der Waals surface area contributed by atoms with Crippen LogP contribution in [0, 0.1) is 0 Å². The Morgan fingerprint density at radius 2 is 2.18 bits per heavy atom. The standard InChI is InChI=1S/C14H20N2O/c15-10-11-4-3-8-16(11)13-7-9-17-14-6-2-1-5-12(13)14/h1-2,5-6,11,13H,3-4,7-10,15H2. The lowest BCUT2D eigenvalue weighted by Gasteiger charge is -2.36. The molecule has 2 aliphatic heterocycles. The fraction of sp³-hybridized carbons (Fsp3) is 0.571. The van der Waals surface area contributed by atoms with Gasteiger partial charge in [0.25, 0.3) is 0 Å². The topological polar surface area (TPSA) is 38.5 Å². The Morgan fingerprint density at radius 1 is 1.29 bits per heavy atom. The Hall–Kier alpha value is -1.06. The lowest BCUT2D eigenvalue weighted by Crippen LogP contribution is -2.40. The van der Waals surface area contributed by atoms with Crippen LogP contribution in [-0.2, 0) is 0 Å². The fourth-order valence-electron chi connectivity index (χ4n) is 3.19. The summed E-state index contributed by atoms with van der Waals surface area (Å²) in [5.41, 5.74) is 7.22. The molecule has 0 radical (unpaired) electrons. The molecule has 1 saturated heterocycles. The summed E-state index contributed by atoms with van der Waals surface area (Å²) in [7, 11) is 0. The highest BCUT2D eigenvalue weighted by atomic mass is 16.5. The largest absolute Gasteiger partial charge is 0.493 e. The van der Waals surface area contributed by atoms with Gasteiger partial charge in [-0.3, -0.25) is 4.90 Å². The summed E-state index contributed by atoms with van der Waals surface area (Å²) in [4.78, 5) is 2.58. The van der Waals surface area contributed by atoms with Gasteiger partial charge in [0, 0.05) is 30.6 Å². The zero-order valence-electron chi connectivity index (χ0n) is 10.1. The second-order valence-electron chi connectivity index (χ2n) is 4.96. The fourth-order valence-corrected chi connectivity index (χ4v) is 3.19. The van der Waals surface area contributed by atoms with E-state index < -0.39 is 0 Å². The van der Waals surface area contributed by atoms with E-state index in [2.05, 4.69) is 23.1 Å². The molecule has 0 aliphatic carbocycles. The Bertz CT molecular complexity index is 394. The molecule has 2 N–H and O–H groups in total. The molecule has 0 aromatic heterocycles. The maximum atomic E-state index is 5.88. The van der Waals surface area contributed by atoms with Crippen LogP contribution in [0.15, 0.2) is 24.3 Å². The van der Waals surface area contributed by atoms with Crippen LogP contribution in [0.3, 0.4) is 0 Å². The van der Waals surface area contributed by atoms with Crippen LogP contribution in [0.5, 0.6) is 5.75 Å². The number of para-hydroxylation sites is 1. The molecule has 92 valence electrons. The second-order valence-corrected chi connectivity index (χ2v) is 4.96. The molecule has 17 heavy (non-hydrogen) atoms. The average molecular weight is 232 g/mol. The van der Waals surface area contributed by atoms with Crippen LogP contribution in [-0.4, -0.2) is 30.6 Å². The van der Waals surface area contributed by atoms with E-state index in [4.69, 9.17) is 10.5 Å². The third kappa shape index (κ3) is 1.94. The second kappa shape index (κ2) is 4.67. The number of hydrogen-bond acceptors (Lipinski definition) is 3. The van der Waals surface area contributed by atoms with Gasteiger partial charge in [0.05, 0.1) is 6.61 Å². The highest BCUT2D eigenvalue weighted by molar-refractivity contribution is 5.37.